The summed E-state index contributed by atoms with van der Waals surface area (Å²) in [4.78, 5) is 14.8. The molecule has 1 fully saturated rings. The molecule has 2 aliphatic rings. The number of amides is 1. The number of nitrogens with one attached hydrogen (secondary N) is 1. The van der Waals surface area contributed by atoms with Crippen LogP contribution >= 0.6 is 22.9 Å². The first kappa shape index (κ1) is 14.4. The van der Waals surface area contributed by atoms with Crippen LogP contribution in [-0.2, 0) is 12.8 Å². The van der Waals surface area contributed by atoms with Gasteiger partial charge in [0, 0.05) is 10.8 Å². The fourth-order valence-corrected chi connectivity index (χ4v) is 4.83. The lowest BCUT2D eigenvalue weighted by Gasteiger charge is -2.38. The normalized spacial score (nSPS) is 29.2. The van der Waals surface area contributed by atoms with Crippen molar-refractivity contribution in [1.82, 2.24) is 5.32 Å². The Balaban J connectivity index is 1.70. The topological polar surface area (TPSA) is 29.1 Å². The molecule has 2 aliphatic carbocycles. The molecule has 0 aromatic carbocycles. The standard InChI is InChI=1S/C16H22ClNOS/c1-11-5-7-16(10-17,8-6-11)18-15(19)14-9-12-3-2-4-13(12)20-14/h9,11H,2-8,10H2,1H3,(H,18,19). The summed E-state index contributed by atoms with van der Waals surface area (Å²) in [6, 6.07) is 2.09. The summed E-state index contributed by atoms with van der Waals surface area (Å²) < 4.78 is 0. The van der Waals surface area contributed by atoms with Crippen LogP contribution in [0.3, 0.4) is 0 Å². The summed E-state index contributed by atoms with van der Waals surface area (Å²) in [6.45, 7) is 2.28. The lowest BCUT2D eigenvalue weighted by atomic mass is 9.78. The number of carbonyl (C=O) groups excluding carboxylic acids is 1. The van der Waals surface area contributed by atoms with Gasteiger partial charge in [-0.1, -0.05) is 6.92 Å². The van der Waals surface area contributed by atoms with Crippen molar-refractivity contribution in [3.05, 3.63) is 21.4 Å². The van der Waals surface area contributed by atoms with Gasteiger partial charge in [0.05, 0.1) is 10.4 Å². The van der Waals surface area contributed by atoms with Crippen molar-refractivity contribution < 1.29 is 4.79 Å². The van der Waals surface area contributed by atoms with Crippen LogP contribution in [0.2, 0.25) is 0 Å². The Morgan fingerprint density at radius 2 is 2.20 bits per heavy atom. The average Bonchev–Trinajstić information content (AvgIpc) is 3.02. The second-order valence-corrected chi connectivity index (χ2v) is 7.87. The van der Waals surface area contributed by atoms with Gasteiger partial charge in [-0.2, -0.15) is 0 Å². The van der Waals surface area contributed by atoms with Crippen LogP contribution in [0.4, 0.5) is 0 Å². The van der Waals surface area contributed by atoms with E-state index in [0.29, 0.717) is 5.88 Å². The van der Waals surface area contributed by atoms with E-state index in [1.807, 2.05) is 0 Å². The quantitative estimate of drug-likeness (QED) is 0.835. The summed E-state index contributed by atoms with van der Waals surface area (Å²) in [7, 11) is 0. The minimum atomic E-state index is -0.181. The molecule has 0 radical (unpaired) electrons. The molecule has 1 aromatic rings. The summed E-state index contributed by atoms with van der Waals surface area (Å²) in [5, 5.41) is 3.25. The smallest absolute Gasteiger partial charge is 0.261 e. The summed E-state index contributed by atoms with van der Waals surface area (Å²) in [5.41, 5.74) is 1.21. The van der Waals surface area contributed by atoms with E-state index in [2.05, 4.69) is 18.3 Å². The summed E-state index contributed by atoms with van der Waals surface area (Å²) in [5.74, 6) is 1.37. The maximum atomic E-state index is 12.5. The fraction of sp³-hybridized carbons (Fsp3) is 0.688. The maximum Gasteiger partial charge on any atom is 0.261 e. The first-order valence-electron chi connectivity index (χ1n) is 7.62. The third-order valence-corrected chi connectivity index (χ3v) is 6.58. The Morgan fingerprint density at radius 1 is 1.45 bits per heavy atom. The molecule has 0 aliphatic heterocycles. The van der Waals surface area contributed by atoms with E-state index in [1.165, 1.54) is 16.9 Å². The minimum absolute atomic E-state index is 0.0830. The number of carbonyl (C=O) groups is 1. The van der Waals surface area contributed by atoms with Crippen LogP contribution in [0.25, 0.3) is 0 Å². The molecule has 1 amide bonds. The van der Waals surface area contributed by atoms with Crippen LogP contribution in [0.15, 0.2) is 6.07 Å². The predicted molar refractivity (Wildman–Crippen MR) is 84.9 cm³/mol. The lowest BCUT2D eigenvalue weighted by Crippen LogP contribution is -2.52. The Hall–Kier alpha value is -0.540. The molecule has 1 N–H and O–H groups in total. The van der Waals surface area contributed by atoms with Gasteiger partial charge in [-0.25, -0.2) is 0 Å². The zero-order valence-corrected chi connectivity index (χ0v) is 13.6. The zero-order chi connectivity index (χ0) is 14.2. The number of alkyl halides is 1. The lowest BCUT2D eigenvalue weighted by molar-refractivity contribution is 0.0876. The first-order valence-corrected chi connectivity index (χ1v) is 8.97. The molecule has 3 rings (SSSR count). The number of thiophene rings is 1. The number of aryl methyl sites for hydroxylation is 2. The van der Waals surface area contributed by atoms with E-state index in [9.17, 15) is 4.79 Å². The Bertz CT molecular complexity index is 481. The number of fused-ring (bicyclic) bond motifs is 1. The van der Waals surface area contributed by atoms with Gasteiger partial charge in [0.15, 0.2) is 0 Å². The largest absolute Gasteiger partial charge is 0.345 e. The van der Waals surface area contributed by atoms with Gasteiger partial charge >= 0.3 is 0 Å². The molecule has 0 saturated heterocycles. The summed E-state index contributed by atoms with van der Waals surface area (Å²) >= 11 is 7.85. The van der Waals surface area contributed by atoms with Crippen molar-refractivity contribution in [2.45, 2.75) is 57.4 Å². The third-order valence-electron chi connectivity index (χ3n) is 4.84. The molecular weight excluding hydrogens is 290 g/mol. The van der Waals surface area contributed by atoms with Crippen molar-refractivity contribution in [2.75, 3.05) is 5.88 Å². The SMILES string of the molecule is CC1CCC(CCl)(NC(=O)c2cc3c(s2)CCC3)CC1. The first-order chi connectivity index (χ1) is 9.62. The van der Waals surface area contributed by atoms with Crippen molar-refractivity contribution in [3.8, 4) is 0 Å². The number of hydrogen-bond donors (Lipinski definition) is 1. The molecule has 0 spiro atoms. The van der Waals surface area contributed by atoms with Crippen LogP contribution in [0.5, 0.6) is 0 Å². The van der Waals surface area contributed by atoms with Crippen molar-refractivity contribution in [2.24, 2.45) is 5.92 Å². The van der Waals surface area contributed by atoms with Gasteiger partial charge in [-0.15, -0.1) is 22.9 Å². The highest BCUT2D eigenvalue weighted by Crippen LogP contribution is 2.34. The van der Waals surface area contributed by atoms with E-state index < -0.39 is 0 Å². The van der Waals surface area contributed by atoms with Crippen LogP contribution < -0.4 is 5.32 Å². The number of halogens is 1. The Morgan fingerprint density at radius 3 is 2.85 bits per heavy atom. The highest BCUT2D eigenvalue weighted by Gasteiger charge is 2.35. The number of hydrogen-bond acceptors (Lipinski definition) is 2. The van der Waals surface area contributed by atoms with E-state index in [4.69, 9.17) is 11.6 Å². The molecule has 1 heterocycles. The van der Waals surface area contributed by atoms with E-state index in [-0.39, 0.29) is 11.4 Å². The van der Waals surface area contributed by atoms with Gasteiger partial charge in [0.25, 0.3) is 5.91 Å². The zero-order valence-electron chi connectivity index (χ0n) is 12.0. The molecular formula is C16H22ClNOS. The number of rotatable bonds is 3. The Kier molecular flexibility index (Phi) is 4.09. The monoisotopic (exact) mass is 311 g/mol. The maximum absolute atomic E-state index is 12.5. The molecule has 110 valence electrons. The minimum Gasteiger partial charge on any atom is -0.345 e. The molecule has 2 nitrogen and oxygen atoms in total. The van der Waals surface area contributed by atoms with Crippen molar-refractivity contribution in [1.29, 1.82) is 0 Å². The molecule has 0 bridgehead atoms. The van der Waals surface area contributed by atoms with E-state index in [1.54, 1.807) is 11.3 Å². The van der Waals surface area contributed by atoms with Crippen LogP contribution in [0, 0.1) is 5.92 Å². The van der Waals surface area contributed by atoms with Gasteiger partial charge in [-0.05, 0) is 62.5 Å². The highest BCUT2D eigenvalue weighted by atomic mass is 35.5. The van der Waals surface area contributed by atoms with Gasteiger partial charge in [0.2, 0.25) is 0 Å². The van der Waals surface area contributed by atoms with E-state index in [0.717, 1.165) is 49.3 Å². The van der Waals surface area contributed by atoms with Crippen molar-refractivity contribution >= 4 is 28.8 Å². The predicted octanol–water partition coefficient (Wildman–Crippen LogP) is 4.15. The molecule has 1 aromatic heterocycles. The molecule has 0 unspecified atom stereocenters. The molecule has 1 saturated carbocycles. The second kappa shape index (κ2) is 5.69. The molecule has 20 heavy (non-hydrogen) atoms. The van der Waals surface area contributed by atoms with Gasteiger partial charge in [0.1, 0.15) is 0 Å². The van der Waals surface area contributed by atoms with Crippen LogP contribution in [-0.4, -0.2) is 17.3 Å². The van der Waals surface area contributed by atoms with E-state index >= 15 is 0 Å². The average molecular weight is 312 g/mol. The third kappa shape index (κ3) is 2.75. The van der Waals surface area contributed by atoms with Gasteiger partial charge in [-0.3, -0.25) is 4.79 Å². The van der Waals surface area contributed by atoms with Gasteiger partial charge < -0.3 is 5.32 Å². The Labute approximate surface area is 129 Å². The highest BCUT2D eigenvalue weighted by molar-refractivity contribution is 7.14. The van der Waals surface area contributed by atoms with Crippen molar-refractivity contribution in [3.63, 3.8) is 0 Å². The summed E-state index contributed by atoms with van der Waals surface area (Å²) in [6.07, 6.45) is 7.86. The molecule has 4 heteroatoms. The molecule has 0 atom stereocenters. The fourth-order valence-electron chi connectivity index (χ4n) is 3.35. The second-order valence-electron chi connectivity index (χ2n) is 6.46. The van der Waals surface area contributed by atoms with Crippen LogP contribution in [0.1, 0.15) is 59.1 Å².